The van der Waals surface area contributed by atoms with Gasteiger partial charge in [-0.3, -0.25) is 10.1 Å². The van der Waals surface area contributed by atoms with Gasteiger partial charge in [-0.15, -0.1) is 0 Å². The number of nitrogens with zero attached hydrogens (tertiary/aromatic N) is 2. The van der Waals surface area contributed by atoms with Crippen LogP contribution in [-0.4, -0.2) is 9.91 Å². The first kappa shape index (κ1) is 13.7. The van der Waals surface area contributed by atoms with Crippen LogP contribution in [0.2, 0.25) is 5.15 Å². The van der Waals surface area contributed by atoms with Gasteiger partial charge in [0.05, 0.1) is 9.40 Å². The number of pyridine rings is 1. The Morgan fingerprint density at radius 2 is 2.11 bits per heavy atom. The predicted octanol–water partition coefficient (Wildman–Crippen LogP) is 4.29. The van der Waals surface area contributed by atoms with Gasteiger partial charge in [0.1, 0.15) is 11.0 Å². The van der Waals surface area contributed by atoms with Gasteiger partial charge in [0.15, 0.2) is 0 Å². The monoisotopic (exact) mass is 345 g/mol. The van der Waals surface area contributed by atoms with E-state index in [0.29, 0.717) is 5.69 Å². The molecule has 1 N–H and O–H groups in total. The van der Waals surface area contributed by atoms with E-state index in [1.54, 1.807) is 0 Å². The molecule has 8 heteroatoms. The van der Waals surface area contributed by atoms with Gasteiger partial charge in [-0.1, -0.05) is 11.6 Å². The summed E-state index contributed by atoms with van der Waals surface area (Å²) in [4.78, 5) is 14.1. The number of hydrogen-bond acceptors (Lipinski definition) is 4. The highest BCUT2D eigenvalue weighted by atomic mass is 79.9. The van der Waals surface area contributed by atoms with Crippen LogP contribution >= 0.6 is 27.5 Å². The van der Waals surface area contributed by atoms with E-state index >= 15 is 0 Å². The van der Waals surface area contributed by atoms with E-state index in [-0.39, 0.29) is 21.1 Å². The fraction of sp³-hybridized carbons (Fsp3) is 0. The van der Waals surface area contributed by atoms with E-state index in [1.165, 1.54) is 30.3 Å². The van der Waals surface area contributed by atoms with E-state index in [2.05, 4.69) is 26.2 Å². The molecule has 0 saturated carbocycles. The van der Waals surface area contributed by atoms with Crippen LogP contribution < -0.4 is 5.32 Å². The van der Waals surface area contributed by atoms with E-state index in [4.69, 9.17) is 11.6 Å². The lowest BCUT2D eigenvalue weighted by Gasteiger charge is -2.07. The molecule has 0 saturated heterocycles. The molecule has 0 spiro atoms. The van der Waals surface area contributed by atoms with Gasteiger partial charge in [0.2, 0.25) is 5.82 Å². The summed E-state index contributed by atoms with van der Waals surface area (Å²) >= 11 is 8.73. The van der Waals surface area contributed by atoms with Gasteiger partial charge < -0.3 is 5.32 Å². The highest BCUT2D eigenvalue weighted by molar-refractivity contribution is 9.10. The molecule has 1 aromatic carbocycles. The Balaban J connectivity index is 2.39. The Bertz CT molecular complexity index is 654. The fourth-order valence-corrected chi connectivity index (χ4v) is 1.90. The molecule has 2 rings (SSSR count). The maximum atomic E-state index is 13.1. The summed E-state index contributed by atoms with van der Waals surface area (Å²) in [5, 5.41) is 13.7. The Morgan fingerprint density at radius 1 is 1.37 bits per heavy atom. The van der Waals surface area contributed by atoms with E-state index < -0.39 is 10.7 Å². The van der Waals surface area contributed by atoms with Gasteiger partial charge in [-0.05, 0) is 40.2 Å². The van der Waals surface area contributed by atoms with Crippen LogP contribution in [0, 0.1) is 15.9 Å². The van der Waals surface area contributed by atoms with Crippen LogP contribution in [-0.2, 0) is 0 Å². The zero-order valence-corrected chi connectivity index (χ0v) is 11.6. The smallest absolute Gasteiger partial charge is 0.311 e. The molecule has 1 aromatic heterocycles. The summed E-state index contributed by atoms with van der Waals surface area (Å²) in [7, 11) is 0. The second kappa shape index (κ2) is 5.50. The SMILES string of the molecule is O=[N+]([O-])c1ccc(Cl)nc1Nc1ccc(F)c(Br)c1. The number of hydrogen-bond donors (Lipinski definition) is 1. The Hall–Kier alpha value is -1.73. The summed E-state index contributed by atoms with van der Waals surface area (Å²) in [6, 6.07) is 6.68. The summed E-state index contributed by atoms with van der Waals surface area (Å²) in [5.41, 5.74) is 0.232. The lowest BCUT2D eigenvalue weighted by atomic mass is 10.3. The van der Waals surface area contributed by atoms with Crippen molar-refractivity contribution in [2.75, 3.05) is 5.32 Å². The first-order valence-corrected chi connectivity index (χ1v) is 6.17. The third-order valence-corrected chi connectivity index (χ3v) is 3.04. The molecule has 0 unspecified atom stereocenters. The van der Waals surface area contributed by atoms with Crippen molar-refractivity contribution in [2.24, 2.45) is 0 Å². The molecule has 0 atom stereocenters. The van der Waals surface area contributed by atoms with Crippen LogP contribution in [0.15, 0.2) is 34.8 Å². The fourth-order valence-electron chi connectivity index (χ4n) is 1.38. The molecule has 0 aliphatic carbocycles. The standard InChI is InChI=1S/C11H6BrClFN3O2/c12-7-5-6(1-2-8(7)14)15-11-9(17(18)19)3-4-10(13)16-11/h1-5H,(H,15,16). The van der Waals surface area contributed by atoms with Crippen molar-refractivity contribution in [3.05, 3.63) is 55.9 Å². The molecule has 0 amide bonds. The van der Waals surface area contributed by atoms with Crippen LogP contribution in [0.25, 0.3) is 0 Å². The van der Waals surface area contributed by atoms with E-state index in [0.717, 1.165) is 0 Å². The minimum absolute atomic E-state index is 0.00370. The van der Waals surface area contributed by atoms with Gasteiger partial charge >= 0.3 is 5.69 Å². The largest absolute Gasteiger partial charge is 0.334 e. The highest BCUT2D eigenvalue weighted by Gasteiger charge is 2.16. The molecule has 0 radical (unpaired) electrons. The molecule has 0 bridgehead atoms. The first-order valence-electron chi connectivity index (χ1n) is 5.00. The number of anilines is 2. The summed E-state index contributed by atoms with van der Waals surface area (Å²) in [6.45, 7) is 0. The number of rotatable bonds is 3. The average Bonchev–Trinajstić information content (AvgIpc) is 2.33. The normalized spacial score (nSPS) is 10.3. The van der Waals surface area contributed by atoms with Crippen LogP contribution in [0.4, 0.5) is 21.6 Å². The Labute approximate surface area is 120 Å². The third kappa shape index (κ3) is 3.18. The van der Waals surface area contributed by atoms with Crippen molar-refractivity contribution in [1.29, 1.82) is 0 Å². The van der Waals surface area contributed by atoms with Crippen molar-refractivity contribution in [3.63, 3.8) is 0 Å². The van der Waals surface area contributed by atoms with Gasteiger partial charge in [0, 0.05) is 11.8 Å². The van der Waals surface area contributed by atoms with Crippen molar-refractivity contribution >= 4 is 44.7 Å². The summed E-state index contributed by atoms with van der Waals surface area (Å²) < 4.78 is 13.3. The van der Waals surface area contributed by atoms with E-state index in [1.807, 2.05) is 0 Å². The molecule has 2 aromatic rings. The van der Waals surface area contributed by atoms with Crippen molar-refractivity contribution in [1.82, 2.24) is 4.98 Å². The minimum Gasteiger partial charge on any atom is -0.334 e. The molecule has 0 aliphatic heterocycles. The minimum atomic E-state index is -0.579. The molecule has 5 nitrogen and oxygen atoms in total. The number of aromatic nitrogens is 1. The molecule has 0 fully saturated rings. The zero-order chi connectivity index (χ0) is 14.0. The van der Waals surface area contributed by atoms with Crippen LogP contribution in [0.3, 0.4) is 0 Å². The van der Waals surface area contributed by atoms with Crippen molar-refractivity contribution in [3.8, 4) is 0 Å². The average molecular weight is 347 g/mol. The topological polar surface area (TPSA) is 68.1 Å². The summed E-state index contributed by atoms with van der Waals surface area (Å²) in [5.74, 6) is -0.435. The summed E-state index contributed by atoms with van der Waals surface area (Å²) in [6.07, 6.45) is 0. The Morgan fingerprint density at radius 3 is 2.74 bits per heavy atom. The second-order valence-electron chi connectivity index (χ2n) is 3.51. The number of halogens is 3. The van der Waals surface area contributed by atoms with Crippen LogP contribution in [0.1, 0.15) is 0 Å². The predicted molar refractivity (Wildman–Crippen MR) is 73.3 cm³/mol. The highest BCUT2D eigenvalue weighted by Crippen LogP contribution is 2.28. The molecule has 0 aliphatic rings. The van der Waals surface area contributed by atoms with Gasteiger partial charge in [-0.2, -0.15) is 0 Å². The number of nitro groups is 1. The molecule has 19 heavy (non-hydrogen) atoms. The van der Waals surface area contributed by atoms with Crippen molar-refractivity contribution < 1.29 is 9.31 Å². The quantitative estimate of drug-likeness (QED) is 0.511. The molecule has 98 valence electrons. The number of benzene rings is 1. The maximum absolute atomic E-state index is 13.1. The maximum Gasteiger partial charge on any atom is 0.311 e. The van der Waals surface area contributed by atoms with E-state index in [9.17, 15) is 14.5 Å². The zero-order valence-electron chi connectivity index (χ0n) is 9.23. The molecular weight excluding hydrogens is 340 g/mol. The van der Waals surface area contributed by atoms with Gasteiger partial charge in [-0.25, -0.2) is 9.37 Å². The molecule has 1 heterocycles. The Kier molecular flexibility index (Phi) is 3.96. The number of nitrogens with one attached hydrogen (secondary N) is 1. The molecular formula is C11H6BrClFN3O2. The van der Waals surface area contributed by atoms with Crippen LogP contribution in [0.5, 0.6) is 0 Å². The lowest BCUT2D eigenvalue weighted by molar-refractivity contribution is -0.384. The van der Waals surface area contributed by atoms with Gasteiger partial charge in [0.25, 0.3) is 0 Å². The van der Waals surface area contributed by atoms with Crippen molar-refractivity contribution in [2.45, 2.75) is 0 Å². The third-order valence-electron chi connectivity index (χ3n) is 2.22. The second-order valence-corrected chi connectivity index (χ2v) is 4.75. The first-order chi connectivity index (χ1) is 8.97. The lowest BCUT2D eigenvalue weighted by Crippen LogP contribution is -2.00.